The summed E-state index contributed by atoms with van der Waals surface area (Å²) in [7, 11) is 2.95. The summed E-state index contributed by atoms with van der Waals surface area (Å²) in [6.45, 7) is 3.12. The Bertz CT molecular complexity index is 1120. The number of nitrogen functional groups attached to an aromatic ring is 1. The molecule has 3 aromatic rings. The molecule has 0 aliphatic carbocycles. The summed E-state index contributed by atoms with van der Waals surface area (Å²) >= 11 is 0. The van der Waals surface area contributed by atoms with Crippen LogP contribution in [-0.4, -0.2) is 41.9 Å². The zero-order valence-electron chi connectivity index (χ0n) is 16.4. The van der Waals surface area contributed by atoms with E-state index in [0.29, 0.717) is 52.4 Å². The highest BCUT2D eigenvalue weighted by molar-refractivity contribution is 6.02. The maximum Gasteiger partial charge on any atom is 0.224 e. The van der Waals surface area contributed by atoms with Crippen LogP contribution in [0.4, 0.5) is 10.1 Å². The molecule has 7 nitrogen and oxygen atoms in total. The van der Waals surface area contributed by atoms with Crippen LogP contribution in [0.25, 0.3) is 22.0 Å². The standard InChI is InChI=1S/C21H21FN4O3/c1-4-26-9-14-18(15(26)10-27)19(23)12-5-7-13(22)17(20(12)24-14)11-6-8-16(28-2)25-21(11)29-3/h5-8,10,15H,4,9H2,1-3H3,(H2,23,24). The van der Waals surface area contributed by atoms with Crippen molar-refractivity contribution < 1.29 is 18.7 Å². The molecule has 1 atom stereocenters. The molecule has 0 radical (unpaired) electrons. The monoisotopic (exact) mass is 396 g/mol. The molecule has 1 unspecified atom stereocenters. The summed E-state index contributed by atoms with van der Waals surface area (Å²) in [5.74, 6) is 0.108. The van der Waals surface area contributed by atoms with Crippen molar-refractivity contribution in [3.8, 4) is 22.9 Å². The van der Waals surface area contributed by atoms with Crippen molar-refractivity contribution in [3.63, 3.8) is 0 Å². The molecular weight excluding hydrogens is 375 g/mol. The van der Waals surface area contributed by atoms with E-state index in [9.17, 15) is 4.79 Å². The van der Waals surface area contributed by atoms with Crippen molar-refractivity contribution in [2.24, 2.45) is 0 Å². The van der Waals surface area contributed by atoms with Crippen LogP contribution in [0.3, 0.4) is 0 Å². The lowest BCUT2D eigenvalue weighted by Gasteiger charge is -2.18. The van der Waals surface area contributed by atoms with Crippen molar-refractivity contribution in [2.75, 3.05) is 26.5 Å². The first kappa shape index (κ1) is 19.1. The van der Waals surface area contributed by atoms with E-state index in [1.807, 2.05) is 11.8 Å². The van der Waals surface area contributed by atoms with E-state index < -0.39 is 11.9 Å². The molecular formula is C21H21FN4O3. The quantitative estimate of drug-likeness (QED) is 0.663. The number of ether oxygens (including phenoxy) is 2. The van der Waals surface area contributed by atoms with Crippen LogP contribution in [0, 0.1) is 5.82 Å². The Morgan fingerprint density at radius 1 is 1.24 bits per heavy atom. The van der Waals surface area contributed by atoms with Crippen molar-refractivity contribution in [2.45, 2.75) is 19.5 Å². The number of likely N-dealkylation sites (N-methyl/N-ethyl adjacent to an activating group) is 1. The van der Waals surface area contributed by atoms with Crippen molar-refractivity contribution >= 4 is 22.9 Å². The average Bonchev–Trinajstić information content (AvgIpc) is 3.11. The summed E-state index contributed by atoms with van der Waals surface area (Å²) in [5.41, 5.74) is 9.39. The van der Waals surface area contributed by atoms with Gasteiger partial charge in [0.1, 0.15) is 12.1 Å². The Morgan fingerprint density at radius 3 is 2.69 bits per heavy atom. The van der Waals surface area contributed by atoms with Crippen LogP contribution in [-0.2, 0) is 11.3 Å². The second kappa shape index (κ2) is 7.29. The smallest absolute Gasteiger partial charge is 0.224 e. The van der Waals surface area contributed by atoms with E-state index >= 15 is 4.39 Å². The zero-order valence-corrected chi connectivity index (χ0v) is 16.4. The number of nitrogens with two attached hydrogens (primary N) is 1. The van der Waals surface area contributed by atoms with Crippen molar-refractivity contribution in [1.29, 1.82) is 0 Å². The van der Waals surface area contributed by atoms with E-state index in [1.54, 1.807) is 18.2 Å². The number of aromatic nitrogens is 2. The van der Waals surface area contributed by atoms with Gasteiger partial charge in [0, 0.05) is 40.4 Å². The highest BCUT2D eigenvalue weighted by Crippen LogP contribution is 2.43. The van der Waals surface area contributed by atoms with Gasteiger partial charge in [0.05, 0.1) is 31.5 Å². The Labute approximate surface area is 167 Å². The normalized spacial score (nSPS) is 16.1. The van der Waals surface area contributed by atoms with Gasteiger partial charge in [0.15, 0.2) is 0 Å². The molecule has 29 heavy (non-hydrogen) atoms. The number of halogens is 1. The van der Waals surface area contributed by atoms with Crippen molar-refractivity contribution in [3.05, 3.63) is 41.3 Å². The van der Waals surface area contributed by atoms with E-state index in [-0.39, 0.29) is 11.4 Å². The molecule has 0 saturated heterocycles. The lowest BCUT2D eigenvalue weighted by atomic mass is 9.97. The van der Waals surface area contributed by atoms with Crippen molar-refractivity contribution in [1.82, 2.24) is 14.9 Å². The van der Waals surface area contributed by atoms with Crippen LogP contribution >= 0.6 is 0 Å². The number of benzene rings is 1. The fourth-order valence-electron chi connectivity index (χ4n) is 3.92. The topological polar surface area (TPSA) is 90.6 Å². The van der Waals surface area contributed by atoms with Crippen LogP contribution in [0.1, 0.15) is 24.2 Å². The van der Waals surface area contributed by atoms with Gasteiger partial charge in [-0.15, -0.1) is 0 Å². The zero-order chi connectivity index (χ0) is 20.7. The number of nitrogens with zero attached hydrogens (tertiary/aromatic N) is 3. The molecule has 150 valence electrons. The second-order valence-corrected chi connectivity index (χ2v) is 6.76. The Hall–Kier alpha value is -3.26. The van der Waals surface area contributed by atoms with Crippen LogP contribution in [0.15, 0.2) is 24.3 Å². The second-order valence-electron chi connectivity index (χ2n) is 6.76. The molecule has 1 aromatic carbocycles. The molecule has 8 heteroatoms. The van der Waals surface area contributed by atoms with Gasteiger partial charge in [-0.2, -0.15) is 4.98 Å². The van der Waals surface area contributed by atoms with Gasteiger partial charge in [0.2, 0.25) is 11.8 Å². The van der Waals surface area contributed by atoms with Crippen LogP contribution in [0.5, 0.6) is 11.8 Å². The van der Waals surface area contributed by atoms with Gasteiger partial charge in [-0.1, -0.05) is 6.92 Å². The number of fused-ring (bicyclic) bond motifs is 2. The summed E-state index contributed by atoms with van der Waals surface area (Å²) in [4.78, 5) is 22.7. The lowest BCUT2D eigenvalue weighted by Crippen LogP contribution is -2.22. The minimum Gasteiger partial charge on any atom is -0.481 e. The minimum absolute atomic E-state index is 0.220. The molecule has 2 N–H and O–H groups in total. The third kappa shape index (κ3) is 2.87. The summed E-state index contributed by atoms with van der Waals surface area (Å²) in [5, 5.41) is 0.586. The number of hydrogen-bond donors (Lipinski definition) is 1. The van der Waals surface area contributed by atoms with E-state index in [4.69, 9.17) is 20.2 Å². The number of rotatable bonds is 5. The van der Waals surface area contributed by atoms with E-state index in [2.05, 4.69) is 4.98 Å². The molecule has 4 rings (SSSR count). The molecule has 3 heterocycles. The molecule has 0 bridgehead atoms. The number of hydrogen-bond acceptors (Lipinski definition) is 7. The SMILES string of the molecule is CCN1Cc2nc3c(-c4ccc(OC)nc4OC)c(F)ccc3c(N)c2C1C=O. The maximum absolute atomic E-state index is 15.0. The van der Waals surface area contributed by atoms with Gasteiger partial charge >= 0.3 is 0 Å². The van der Waals surface area contributed by atoms with Gasteiger partial charge < -0.3 is 20.0 Å². The van der Waals surface area contributed by atoms with Gasteiger partial charge in [0.25, 0.3) is 0 Å². The third-order valence-corrected chi connectivity index (χ3v) is 5.35. The third-order valence-electron chi connectivity index (χ3n) is 5.35. The van der Waals surface area contributed by atoms with Crippen LogP contribution in [0.2, 0.25) is 0 Å². The number of carbonyl (C=O) groups is 1. The molecule has 0 fully saturated rings. The molecule has 1 aliphatic rings. The highest BCUT2D eigenvalue weighted by atomic mass is 19.1. The molecule has 0 saturated carbocycles. The summed E-state index contributed by atoms with van der Waals surface area (Å²) in [6.07, 6.45) is 0.875. The predicted octanol–water partition coefficient (Wildman–Crippen LogP) is 3.11. The largest absolute Gasteiger partial charge is 0.481 e. The molecule has 2 aromatic heterocycles. The van der Waals surface area contributed by atoms with Gasteiger partial charge in [-0.05, 0) is 24.7 Å². The predicted molar refractivity (Wildman–Crippen MR) is 107 cm³/mol. The van der Waals surface area contributed by atoms with Gasteiger partial charge in [-0.3, -0.25) is 9.88 Å². The first-order valence-corrected chi connectivity index (χ1v) is 9.23. The number of methoxy groups -OCH3 is 2. The minimum atomic E-state index is -0.466. The number of anilines is 1. The Kier molecular flexibility index (Phi) is 4.79. The lowest BCUT2D eigenvalue weighted by molar-refractivity contribution is -0.112. The van der Waals surface area contributed by atoms with E-state index in [1.165, 1.54) is 20.3 Å². The average molecular weight is 396 g/mol. The summed E-state index contributed by atoms with van der Waals surface area (Å²) in [6, 6.07) is 5.80. The Morgan fingerprint density at radius 2 is 2.03 bits per heavy atom. The number of carbonyl (C=O) groups excluding carboxylic acids is 1. The fraction of sp³-hybridized carbons (Fsp3) is 0.286. The summed E-state index contributed by atoms with van der Waals surface area (Å²) < 4.78 is 25.5. The van der Waals surface area contributed by atoms with Crippen LogP contribution < -0.4 is 15.2 Å². The first-order chi connectivity index (χ1) is 14.0. The number of aldehydes is 1. The highest BCUT2D eigenvalue weighted by Gasteiger charge is 2.34. The number of pyridine rings is 2. The molecule has 0 amide bonds. The fourth-order valence-corrected chi connectivity index (χ4v) is 3.92. The maximum atomic E-state index is 15.0. The van der Waals surface area contributed by atoms with E-state index in [0.717, 1.165) is 6.29 Å². The Balaban J connectivity index is 2.02. The first-order valence-electron chi connectivity index (χ1n) is 9.23. The molecule has 1 aliphatic heterocycles. The van der Waals surface area contributed by atoms with Gasteiger partial charge in [-0.25, -0.2) is 4.39 Å². The molecule has 0 spiro atoms.